The lowest BCUT2D eigenvalue weighted by Gasteiger charge is -2.07. The third kappa shape index (κ3) is 3.65. The minimum absolute atomic E-state index is 0.0561. The minimum Gasteiger partial charge on any atom is -0.508 e. The summed E-state index contributed by atoms with van der Waals surface area (Å²) >= 11 is 6.45. The fraction of sp³-hybridized carbons (Fsp3) is 0.0500. The number of allylic oxidation sites excluding steroid dienone is 1. The Bertz CT molecular complexity index is 1220. The van der Waals surface area contributed by atoms with E-state index in [1.165, 1.54) is 24.3 Å². The lowest BCUT2D eigenvalue weighted by atomic mass is 10.1. The highest BCUT2D eigenvalue weighted by Crippen LogP contribution is 2.37. The van der Waals surface area contributed by atoms with Gasteiger partial charge in [0.05, 0.1) is 17.7 Å². The van der Waals surface area contributed by atoms with Crippen LogP contribution in [-0.2, 0) is 0 Å². The molecule has 9 heteroatoms. The van der Waals surface area contributed by atoms with Gasteiger partial charge in [0, 0.05) is 22.9 Å². The Morgan fingerprint density at radius 2 is 2.00 bits per heavy atom. The summed E-state index contributed by atoms with van der Waals surface area (Å²) in [5.74, 6) is 0.117. The predicted molar refractivity (Wildman–Crippen MR) is 116 cm³/mol. The van der Waals surface area contributed by atoms with E-state index in [0.717, 1.165) is 32.8 Å². The number of aromatic nitrogens is 1. The first-order valence-electron chi connectivity index (χ1n) is 8.45. The number of carbonyl (C=O) groups excluding carboxylic acids is 1. The Morgan fingerprint density at radius 3 is 2.72 bits per heavy atom. The van der Waals surface area contributed by atoms with Gasteiger partial charge in [-0.1, -0.05) is 11.3 Å². The maximum atomic E-state index is 12.4. The number of hydrogen-bond acceptors (Lipinski definition) is 7. The van der Waals surface area contributed by atoms with Crippen LogP contribution in [0.15, 0.2) is 47.5 Å². The number of amides is 1. The van der Waals surface area contributed by atoms with Gasteiger partial charge in [-0.05, 0) is 60.8 Å². The van der Waals surface area contributed by atoms with Crippen molar-refractivity contribution in [2.24, 2.45) is 4.99 Å². The van der Waals surface area contributed by atoms with Crippen molar-refractivity contribution in [1.29, 1.82) is 0 Å². The molecule has 1 aliphatic rings. The Kier molecular flexibility index (Phi) is 4.91. The quantitative estimate of drug-likeness (QED) is 0.541. The Morgan fingerprint density at radius 1 is 1.24 bits per heavy atom. The number of rotatable bonds is 4. The van der Waals surface area contributed by atoms with Crippen molar-refractivity contribution in [3.8, 4) is 17.4 Å². The molecule has 0 bridgehead atoms. The third-order valence-electron chi connectivity index (χ3n) is 4.30. The number of aromatic hydroxyl groups is 2. The summed E-state index contributed by atoms with van der Waals surface area (Å²) in [4.78, 5) is 17.2. The van der Waals surface area contributed by atoms with Crippen LogP contribution in [0.5, 0.6) is 17.4 Å². The molecule has 0 radical (unpaired) electrons. The highest BCUT2D eigenvalue weighted by molar-refractivity contribution is 7.73. The molecule has 0 aliphatic carbocycles. The number of carbonyl (C=O) groups is 1. The largest absolute Gasteiger partial charge is 0.508 e. The van der Waals surface area contributed by atoms with Crippen LogP contribution in [0.2, 0.25) is 0 Å². The van der Waals surface area contributed by atoms with Gasteiger partial charge in [0.1, 0.15) is 11.5 Å². The van der Waals surface area contributed by atoms with E-state index >= 15 is 0 Å². The highest BCUT2D eigenvalue weighted by Gasteiger charge is 2.18. The summed E-state index contributed by atoms with van der Waals surface area (Å²) in [6, 6.07) is 11.3. The molecule has 1 aromatic heterocycles. The molecule has 1 amide bonds. The van der Waals surface area contributed by atoms with E-state index in [9.17, 15) is 15.0 Å². The van der Waals surface area contributed by atoms with Crippen LogP contribution < -0.4 is 10.2 Å². The second-order valence-electron chi connectivity index (χ2n) is 6.12. The summed E-state index contributed by atoms with van der Waals surface area (Å²) in [5.41, 5.74) is 5.36. The van der Waals surface area contributed by atoms with Crippen LogP contribution in [0.1, 0.15) is 20.8 Å². The van der Waals surface area contributed by atoms with Gasteiger partial charge in [-0.25, -0.2) is 0 Å². The number of fused-ring (bicyclic) bond motifs is 1. The highest BCUT2D eigenvalue weighted by atomic mass is 32.1. The Balaban J connectivity index is 1.65. The number of nitrogens with zero attached hydrogens (tertiary/aromatic N) is 2. The van der Waals surface area contributed by atoms with Crippen molar-refractivity contribution >= 4 is 53.0 Å². The molecule has 29 heavy (non-hydrogen) atoms. The second-order valence-corrected chi connectivity index (χ2v) is 7.80. The van der Waals surface area contributed by atoms with E-state index in [0.29, 0.717) is 16.2 Å². The zero-order chi connectivity index (χ0) is 20.5. The first kappa shape index (κ1) is 18.9. The maximum Gasteiger partial charge on any atom is 0.270 e. The number of phenolic OH excluding ortho intramolecular Hbond substituents is 1. The number of aliphatic imine (C=N–C) groups is 1. The van der Waals surface area contributed by atoms with Gasteiger partial charge in [-0.15, -0.1) is 0 Å². The smallest absolute Gasteiger partial charge is 0.270 e. The number of methoxy groups -OCH3 is 1. The first-order valence-corrected chi connectivity index (χ1v) is 9.68. The van der Waals surface area contributed by atoms with Gasteiger partial charge in [0.15, 0.2) is 3.95 Å². The number of thiazole rings is 1. The second kappa shape index (κ2) is 7.53. The van der Waals surface area contributed by atoms with E-state index < -0.39 is 5.91 Å². The standard InChI is InChI=1S/C20H15N3O4S2/c1-27-14-6-7-16-15(9-14)12(10-21-16)8-17-19(26)23(20(28)29-17)22-18(25)11-2-4-13(24)5-3-11/h2-10,24,26H,1H3,(H,22,25). The number of hydrogen-bond donors (Lipinski definition) is 3. The average Bonchev–Trinajstić information content (AvgIpc) is 3.24. The number of nitrogens with one attached hydrogen (secondary N) is 1. The molecule has 0 unspecified atom stereocenters. The van der Waals surface area contributed by atoms with Crippen molar-refractivity contribution in [2.45, 2.75) is 0 Å². The number of ether oxygens (including phenoxy) is 1. The average molecular weight is 425 g/mol. The summed E-state index contributed by atoms with van der Waals surface area (Å²) < 4.78 is 6.70. The zero-order valence-corrected chi connectivity index (χ0v) is 16.8. The van der Waals surface area contributed by atoms with Crippen LogP contribution in [0.4, 0.5) is 5.69 Å². The van der Waals surface area contributed by atoms with E-state index in [4.69, 9.17) is 17.0 Å². The van der Waals surface area contributed by atoms with Crippen molar-refractivity contribution in [3.05, 3.63) is 62.4 Å². The molecular formula is C20H15N3O4S2. The van der Waals surface area contributed by atoms with E-state index in [1.54, 1.807) is 19.4 Å². The fourth-order valence-electron chi connectivity index (χ4n) is 2.80. The lowest BCUT2D eigenvalue weighted by Crippen LogP contribution is -2.22. The number of phenols is 1. The molecule has 0 atom stereocenters. The fourth-order valence-corrected chi connectivity index (χ4v) is 3.99. The van der Waals surface area contributed by atoms with Crippen LogP contribution in [0, 0.1) is 3.95 Å². The van der Waals surface area contributed by atoms with Crippen molar-refractivity contribution in [2.75, 3.05) is 12.5 Å². The SMILES string of the molecule is COc1ccc2c(c1)C(=Cc1sc(=S)n(NC(=O)c3ccc(O)cc3)c1O)C=N2. The van der Waals surface area contributed by atoms with Gasteiger partial charge in [-0.2, -0.15) is 4.68 Å². The van der Waals surface area contributed by atoms with Crippen LogP contribution in [-0.4, -0.2) is 34.1 Å². The minimum atomic E-state index is -0.467. The summed E-state index contributed by atoms with van der Waals surface area (Å²) in [6.45, 7) is 0. The van der Waals surface area contributed by atoms with E-state index in [-0.39, 0.29) is 15.6 Å². The molecule has 0 saturated carbocycles. The van der Waals surface area contributed by atoms with Crippen molar-refractivity contribution in [3.63, 3.8) is 0 Å². The molecule has 146 valence electrons. The van der Waals surface area contributed by atoms with Crippen LogP contribution >= 0.6 is 23.6 Å². The summed E-state index contributed by atoms with van der Waals surface area (Å²) in [6.07, 6.45) is 3.46. The van der Waals surface area contributed by atoms with Gasteiger partial charge < -0.3 is 14.9 Å². The predicted octanol–water partition coefficient (Wildman–Crippen LogP) is 4.34. The van der Waals surface area contributed by atoms with Crippen LogP contribution in [0.3, 0.4) is 0 Å². The first-order chi connectivity index (χ1) is 14.0. The van der Waals surface area contributed by atoms with Gasteiger partial charge in [-0.3, -0.25) is 15.2 Å². The third-order valence-corrected chi connectivity index (χ3v) is 5.61. The zero-order valence-electron chi connectivity index (χ0n) is 15.1. The molecule has 2 aromatic carbocycles. The lowest BCUT2D eigenvalue weighted by molar-refractivity contribution is 0.101. The van der Waals surface area contributed by atoms with E-state index in [2.05, 4.69) is 10.4 Å². The molecule has 0 spiro atoms. The summed E-state index contributed by atoms with van der Waals surface area (Å²) in [5, 5.41) is 19.9. The molecule has 0 saturated heterocycles. The maximum absolute atomic E-state index is 12.4. The Labute approximate surface area is 174 Å². The van der Waals surface area contributed by atoms with Crippen LogP contribution in [0.25, 0.3) is 11.6 Å². The molecule has 3 N–H and O–H groups in total. The molecule has 0 fully saturated rings. The normalized spacial score (nSPS) is 13.5. The monoisotopic (exact) mass is 425 g/mol. The molecular weight excluding hydrogens is 410 g/mol. The molecule has 4 rings (SSSR count). The van der Waals surface area contributed by atoms with Gasteiger partial charge in [0.25, 0.3) is 5.91 Å². The van der Waals surface area contributed by atoms with Crippen molar-refractivity contribution < 1.29 is 19.7 Å². The number of benzene rings is 2. The van der Waals surface area contributed by atoms with Crippen molar-refractivity contribution in [1.82, 2.24) is 4.68 Å². The topological polar surface area (TPSA) is 96.1 Å². The molecule has 1 aliphatic heterocycles. The molecule has 3 aromatic rings. The summed E-state index contributed by atoms with van der Waals surface area (Å²) in [7, 11) is 1.59. The Hall–Kier alpha value is -3.43. The van der Waals surface area contributed by atoms with Gasteiger partial charge >= 0.3 is 0 Å². The molecule has 2 heterocycles. The van der Waals surface area contributed by atoms with Gasteiger partial charge in [0.2, 0.25) is 5.88 Å². The molecule has 7 nitrogen and oxygen atoms in total. The van der Waals surface area contributed by atoms with E-state index in [1.807, 2.05) is 18.2 Å².